The summed E-state index contributed by atoms with van der Waals surface area (Å²) in [5, 5.41) is 4.42. The molecule has 0 saturated carbocycles. The molecule has 1 unspecified atom stereocenters. The third-order valence-corrected chi connectivity index (χ3v) is 7.02. The highest BCUT2D eigenvalue weighted by Crippen LogP contribution is 2.33. The zero-order chi connectivity index (χ0) is 24.9. The number of benzene rings is 2. The molecule has 1 amide bonds. The molecule has 2 aliphatic rings. The maximum atomic E-state index is 13.7. The lowest BCUT2D eigenvalue weighted by Crippen LogP contribution is -2.45. The van der Waals surface area contributed by atoms with Crippen LogP contribution < -0.4 is 4.90 Å². The molecule has 1 atom stereocenters. The van der Waals surface area contributed by atoms with E-state index in [1.165, 1.54) is 12.1 Å². The molecule has 0 N–H and O–H groups in total. The van der Waals surface area contributed by atoms with E-state index >= 15 is 0 Å². The molecule has 3 heterocycles. The van der Waals surface area contributed by atoms with E-state index in [1.807, 2.05) is 35.2 Å². The first kappa shape index (κ1) is 24.5. The number of ether oxygens (including phenoxy) is 1. The monoisotopic (exact) mass is 492 g/mol. The van der Waals surface area contributed by atoms with Crippen LogP contribution in [0.15, 0.2) is 59.1 Å². The van der Waals surface area contributed by atoms with Crippen molar-refractivity contribution in [3.63, 3.8) is 0 Å². The van der Waals surface area contributed by atoms with E-state index in [-0.39, 0.29) is 17.8 Å². The number of piperazine rings is 1. The zero-order valence-corrected chi connectivity index (χ0v) is 20.7. The maximum absolute atomic E-state index is 13.7. The van der Waals surface area contributed by atoms with Gasteiger partial charge in [0.1, 0.15) is 11.5 Å². The van der Waals surface area contributed by atoms with Crippen molar-refractivity contribution in [3.05, 3.63) is 71.5 Å². The molecule has 3 aromatic rings. The molecule has 2 aromatic carbocycles. The van der Waals surface area contributed by atoms with Gasteiger partial charge in [0, 0.05) is 44.9 Å². The summed E-state index contributed by atoms with van der Waals surface area (Å²) in [6.45, 7) is 5.05. The lowest BCUT2D eigenvalue weighted by atomic mass is 10.0. The molecule has 2 aliphatic heterocycles. The summed E-state index contributed by atoms with van der Waals surface area (Å²) < 4.78 is 25.5. The van der Waals surface area contributed by atoms with E-state index in [0.717, 1.165) is 62.3 Å². The fourth-order valence-corrected chi connectivity index (χ4v) is 4.90. The smallest absolute Gasteiger partial charge is 0.232 e. The normalized spacial score (nSPS) is 18.5. The number of nitrogens with zero attached hydrogens (tertiary/aromatic N) is 4. The van der Waals surface area contributed by atoms with Crippen LogP contribution in [0.4, 0.5) is 10.3 Å². The van der Waals surface area contributed by atoms with Gasteiger partial charge in [-0.3, -0.25) is 4.79 Å². The van der Waals surface area contributed by atoms with Crippen molar-refractivity contribution in [2.45, 2.75) is 31.9 Å². The van der Waals surface area contributed by atoms with Crippen LogP contribution in [0.2, 0.25) is 0 Å². The average Bonchev–Trinajstić information content (AvgIpc) is 3.56. The quantitative estimate of drug-likeness (QED) is 0.474. The Morgan fingerprint density at radius 1 is 1.08 bits per heavy atom. The van der Waals surface area contributed by atoms with Gasteiger partial charge in [-0.1, -0.05) is 35.5 Å². The number of rotatable bonds is 8. The van der Waals surface area contributed by atoms with Crippen LogP contribution in [-0.4, -0.2) is 73.3 Å². The molecule has 0 radical (unpaired) electrons. The minimum Gasteiger partial charge on any atom is -0.376 e. The van der Waals surface area contributed by atoms with Crippen LogP contribution in [0, 0.1) is 5.82 Å². The highest BCUT2D eigenvalue weighted by Gasteiger charge is 2.30. The fourth-order valence-electron chi connectivity index (χ4n) is 4.90. The lowest BCUT2D eigenvalue weighted by molar-refractivity contribution is -0.132. The lowest BCUT2D eigenvalue weighted by Gasteiger charge is -2.33. The van der Waals surface area contributed by atoms with Crippen molar-refractivity contribution < 1.29 is 18.4 Å². The van der Waals surface area contributed by atoms with Crippen LogP contribution in [0.5, 0.6) is 0 Å². The summed E-state index contributed by atoms with van der Waals surface area (Å²) >= 11 is 0. The first-order valence-electron chi connectivity index (χ1n) is 12.7. The van der Waals surface area contributed by atoms with Gasteiger partial charge in [-0.25, -0.2) is 4.39 Å². The minimum atomic E-state index is -0.305. The van der Waals surface area contributed by atoms with Gasteiger partial charge in [-0.05, 0) is 49.7 Å². The molecule has 2 fully saturated rings. The molecule has 0 spiro atoms. The molecule has 1 aromatic heterocycles. The van der Waals surface area contributed by atoms with Crippen molar-refractivity contribution in [2.24, 2.45) is 0 Å². The Morgan fingerprint density at radius 2 is 1.83 bits per heavy atom. The van der Waals surface area contributed by atoms with E-state index in [9.17, 15) is 9.18 Å². The number of anilines is 1. The van der Waals surface area contributed by atoms with Crippen molar-refractivity contribution in [1.82, 2.24) is 15.0 Å². The van der Waals surface area contributed by atoms with Gasteiger partial charge < -0.3 is 24.0 Å². The number of hydrogen-bond acceptors (Lipinski definition) is 6. The largest absolute Gasteiger partial charge is 0.376 e. The van der Waals surface area contributed by atoms with Crippen molar-refractivity contribution in [1.29, 1.82) is 0 Å². The number of aromatic nitrogens is 1. The van der Waals surface area contributed by atoms with Crippen LogP contribution in [-0.2, 0) is 22.5 Å². The fraction of sp³-hybridized carbons (Fsp3) is 0.429. The molecule has 190 valence electrons. The van der Waals surface area contributed by atoms with Crippen molar-refractivity contribution in [2.75, 3.05) is 51.3 Å². The Morgan fingerprint density at radius 3 is 2.53 bits per heavy atom. The SMILES string of the molecule is CN1CCN(c2onc(-c3ccc(F)cc3)c2CN(CC2CCCO2)C(=O)Cc2ccccc2)CC1. The minimum absolute atomic E-state index is 0.0194. The van der Waals surface area contributed by atoms with E-state index in [1.54, 1.807) is 12.1 Å². The van der Waals surface area contributed by atoms with Gasteiger partial charge in [0.15, 0.2) is 0 Å². The summed E-state index contributed by atoms with van der Waals surface area (Å²) in [5.74, 6) is 0.417. The summed E-state index contributed by atoms with van der Waals surface area (Å²) in [4.78, 5) is 20.0. The number of carbonyl (C=O) groups is 1. The zero-order valence-electron chi connectivity index (χ0n) is 20.7. The molecule has 0 aliphatic carbocycles. The molecule has 5 rings (SSSR count). The van der Waals surface area contributed by atoms with Crippen molar-refractivity contribution >= 4 is 11.8 Å². The molecule has 2 saturated heterocycles. The number of halogens is 1. The first-order chi connectivity index (χ1) is 17.6. The summed E-state index contributed by atoms with van der Waals surface area (Å²) in [6, 6.07) is 16.1. The highest BCUT2D eigenvalue weighted by molar-refractivity contribution is 5.79. The van der Waals surface area contributed by atoms with Gasteiger partial charge in [0.2, 0.25) is 11.8 Å². The Kier molecular flexibility index (Phi) is 7.63. The number of likely N-dealkylation sites (N-methyl/N-ethyl adjacent to an activating group) is 1. The van der Waals surface area contributed by atoms with E-state index in [4.69, 9.17) is 9.26 Å². The Hall–Kier alpha value is -3.23. The predicted molar refractivity (Wildman–Crippen MR) is 136 cm³/mol. The summed E-state index contributed by atoms with van der Waals surface area (Å²) in [7, 11) is 2.11. The van der Waals surface area contributed by atoms with Crippen LogP contribution in [0.1, 0.15) is 24.0 Å². The van der Waals surface area contributed by atoms with Crippen LogP contribution in [0.25, 0.3) is 11.3 Å². The molecule has 8 heteroatoms. The Bertz CT molecular complexity index is 1140. The number of carbonyl (C=O) groups excluding carboxylic acids is 1. The van der Waals surface area contributed by atoms with Gasteiger partial charge in [0.05, 0.1) is 24.6 Å². The molecule has 0 bridgehead atoms. The van der Waals surface area contributed by atoms with Gasteiger partial charge in [0.25, 0.3) is 0 Å². The summed E-state index contributed by atoms with van der Waals surface area (Å²) in [5.41, 5.74) is 3.24. The van der Waals surface area contributed by atoms with E-state index in [0.29, 0.717) is 31.1 Å². The van der Waals surface area contributed by atoms with Gasteiger partial charge in [-0.2, -0.15) is 0 Å². The Balaban J connectivity index is 1.47. The van der Waals surface area contributed by atoms with Gasteiger partial charge >= 0.3 is 0 Å². The second-order valence-corrected chi connectivity index (χ2v) is 9.68. The average molecular weight is 493 g/mol. The molecular formula is C28H33FN4O3. The van der Waals surface area contributed by atoms with Crippen molar-refractivity contribution in [3.8, 4) is 11.3 Å². The number of amides is 1. The first-order valence-corrected chi connectivity index (χ1v) is 12.7. The second-order valence-electron chi connectivity index (χ2n) is 9.68. The van der Waals surface area contributed by atoms with Crippen LogP contribution in [0.3, 0.4) is 0 Å². The number of hydrogen-bond donors (Lipinski definition) is 0. The van der Waals surface area contributed by atoms with Crippen LogP contribution >= 0.6 is 0 Å². The third kappa shape index (κ3) is 5.77. The standard InChI is InChI=1S/C28H33FN4O3/c1-31-13-15-32(16-14-31)28-25(27(30-36-28)22-9-11-23(29)12-10-22)20-33(19-24-8-5-17-35-24)26(34)18-21-6-3-2-4-7-21/h2-4,6-7,9-12,24H,5,8,13-20H2,1H3. The predicted octanol–water partition coefficient (Wildman–Crippen LogP) is 3.98. The second kappa shape index (κ2) is 11.2. The van der Waals surface area contributed by atoms with E-state index in [2.05, 4.69) is 22.0 Å². The summed E-state index contributed by atoms with van der Waals surface area (Å²) in [6.07, 6.45) is 2.28. The highest BCUT2D eigenvalue weighted by atomic mass is 19.1. The van der Waals surface area contributed by atoms with Gasteiger partial charge in [-0.15, -0.1) is 0 Å². The Labute approximate surface area is 211 Å². The topological polar surface area (TPSA) is 62.1 Å². The maximum Gasteiger partial charge on any atom is 0.232 e. The third-order valence-electron chi connectivity index (χ3n) is 7.02. The molecule has 36 heavy (non-hydrogen) atoms. The van der Waals surface area contributed by atoms with E-state index < -0.39 is 0 Å². The molecule has 7 nitrogen and oxygen atoms in total. The molecular weight excluding hydrogens is 459 g/mol.